The van der Waals surface area contributed by atoms with Crippen LogP contribution in [0.3, 0.4) is 0 Å². The molecule has 0 aromatic rings. The highest BCUT2D eigenvalue weighted by atomic mass is 79.9. The van der Waals surface area contributed by atoms with Crippen molar-refractivity contribution in [3.63, 3.8) is 0 Å². The second kappa shape index (κ2) is 5.69. The highest BCUT2D eigenvalue weighted by molar-refractivity contribution is 9.17. The van der Waals surface area contributed by atoms with Crippen LogP contribution in [0.2, 0.25) is 0 Å². The lowest BCUT2D eigenvalue weighted by Gasteiger charge is -1.85. The van der Waals surface area contributed by atoms with Crippen LogP contribution in [-0.2, 0) is 4.84 Å². The van der Waals surface area contributed by atoms with E-state index in [1.165, 1.54) is 0 Å². The van der Waals surface area contributed by atoms with E-state index in [-0.39, 0.29) is 0 Å². The van der Waals surface area contributed by atoms with Crippen LogP contribution in [0.1, 0.15) is 0 Å². The zero-order chi connectivity index (χ0) is 5.54. The molecule has 0 spiro atoms. The van der Waals surface area contributed by atoms with Crippen molar-refractivity contribution in [3.05, 3.63) is 12.7 Å². The SMILES string of the molecule is C=CCO/N=[C]\Br. The van der Waals surface area contributed by atoms with Gasteiger partial charge in [-0.2, -0.15) is 0 Å². The number of nitrogens with zero attached hydrogens (tertiary/aromatic N) is 1. The van der Waals surface area contributed by atoms with E-state index in [1.807, 2.05) is 0 Å². The van der Waals surface area contributed by atoms with Gasteiger partial charge in [-0.15, -0.1) is 0 Å². The molecule has 0 aromatic heterocycles. The quantitative estimate of drug-likeness (QED) is 0.266. The van der Waals surface area contributed by atoms with E-state index in [2.05, 4.69) is 37.6 Å². The fourth-order valence-corrected chi connectivity index (χ4v) is 0.217. The van der Waals surface area contributed by atoms with Crippen LogP contribution < -0.4 is 0 Å². The molecule has 0 aliphatic rings. The Morgan fingerprint density at radius 3 is 3.14 bits per heavy atom. The van der Waals surface area contributed by atoms with Crippen molar-refractivity contribution in [1.29, 1.82) is 0 Å². The monoisotopic (exact) mass is 162 g/mol. The van der Waals surface area contributed by atoms with Gasteiger partial charge in [0.2, 0.25) is 0 Å². The highest BCUT2D eigenvalue weighted by Gasteiger charge is 1.67. The van der Waals surface area contributed by atoms with Crippen molar-refractivity contribution < 1.29 is 4.84 Å². The van der Waals surface area contributed by atoms with Gasteiger partial charge in [-0.05, 0) is 15.9 Å². The Morgan fingerprint density at radius 2 is 2.71 bits per heavy atom. The standard InChI is InChI=1S/C4H5BrNO/c1-2-3-7-6-4-5/h2H,1,3H2. The third-order valence-corrected chi connectivity index (χ3v) is 0.436. The van der Waals surface area contributed by atoms with Gasteiger partial charge in [-0.25, -0.2) is 0 Å². The molecule has 0 atom stereocenters. The summed E-state index contributed by atoms with van der Waals surface area (Å²) in [5, 5.41) is 5.53. The fourth-order valence-electron chi connectivity index (χ4n) is 0.114. The summed E-state index contributed by atoms with van der Waals surface area (Å²) in [7, 11) is 0. The van der Waals surface area contributed by atoms with Crippen LogP contribution in [-0.4, -0.2) is 11.7 Å². The van der Waals surface area contributed by atoms with Gasteiger partial charge in [0.15, 0.2) is 5.12 Å². The summed E-state index contributed by atoms with van der Waals surface area (Å²) in [5.41, 5.74) is 0. The van der Waals surface area contributed by atoms with Gasteiger partial charge in [0.1, 0.15) is 6.61 Å². The van der Waals surface area contributed by atoms with Gasteiger partial charge in [0.25, 0.3) is 0 Å². The normalized spacial score (nSPS) is 9.29. The first-order chi connectivity index (χ1) is 3.41. The molecule has 0 saturated carbocycles. The maximum Gasteiger partial charge on any atom is 0.181 e. The van der Waals surface area contributed by atoms with Crippen LogP contribution in [0.15, 0.2) is 17.8 Å². The molecule has 7 heavy (non-hydrogen) atoms. The summed E-state index contributed by atoms with van der Waals surface area (Å²) in [6.07, 6.45) is 1.60. The summed E-state index contributed by atoms with van der Waals surface area (Å²) >= 11 is 2.80. The smallest absolute Gasteiger partial charge is 0.181 e. The maximum absolute atomic E-state index is 4.48. The third kappa shape index (κ3) is 5.69. The van der Waals surface area contributed by atoms with Crippen LogP contribution in [0.25, 0.3) is 0 Å². The second-order valence-corrected chi connectivity index (χ2v) is 1.11. The molecule has 0 aromatic carbocycles. The van der Waals surface area contributed by atoms with Gasteiger partial charge in [0, 0.05) is 0 Å². The van der Waals surface area contributed by atoms with Crippen LogP contribution >= 0.6 is 15.9 Å². The van der Waals surface area contributed by atoms with E-state index in [4.69, 9.17) is 0 Å². The summed E-state index contributed by atoms with van der Waals surface area (Å²) in [4.78, 5) is 4.48. The molecule has 0 amide bonds. The van der Waals surface area contributed by atoms with Crippen molar-refractivity contribution in [2.24, 2.45) is 5.16 Å². The Kier molecular flexibility index (Phi) is 5.44. The molecular formula is C4H5BrNO. The van der Waals surface area contributed by atoms with E-state index in [0.717, 1.165) is 0 Å². The van der Waals surface area contributed by atoms with E-state index in [0.29, 0.717) is 6.61 Å². The highest BCUT2D eigenvalue weighted by Crippen LogP contribution is 1.76. The molecule has 1 radical (unpaired) electrons. The van der Waals surface area contributed by atoms with Crippen molar-refractivity contribution in [2.45, 2.75) is 0 Å². The molecule has 0 unspecified atom stereocenters. The molecule has 0 fully saturated rings. The Bertz CT molecular complexity index is 72.1. The third-order valence-electron chi connectivity index (χ3n) is 0.291. The minimum atomic E-state index is 0.429. The summed E-state index contributed by atoms with van der Waals surface area (Å²) in [5.74, 6) is 0. The number of rotatable bonds is 3. The lowest BCUT2D eigenvalue weighted by Crippen LogP contribution is -1.77. The molecule has 0 saturated heterocycles. The van der Waals surface area contributed by atoms with Gasteiger partial charge < -0.3 is 4.84 Å². The second-order valence-electron chi connectivity index (χ2n) is 0.760. The first kappa shape index (κ1) is 6.69. The summed E-state index contributed by atoms with van der Waals surface area (Å²) in [6, 6.07) is 0. The van der Waals surface area contributed by atoms with E-state index < -0.39 is 0 Å². The first-order valence-corrected chi connectivity index (χ1v) is 2.49. The molecule has 2 nitrogen and oxygen atoms in total. The Balaban J connectivity index is 2.82. The molecular weight excluding hydrogens is 158 g/mol. The Morgan fingerprint density at radius 1 is 2.00 bits per heavy atom. The van der Waals surface area contributed by atoms with Gasteiger partial charge in [0.05, 0.1) is 0 Å². The first-order valence-electron chi connectivity index (χ1n) is 1.70. The lowest BCUT2D eigenvalue weighted by molar-refractivity contribution is 0.177. The summed E-state index contributed by atoms with van der Waals surface area (Å²) < 4.78 is 0. The average molecular weight is 163 g/mol. The van der Waals surface area contributed by atoms with E-state index >= 15 is 0 Å². The average Bonchev–Trinajstić information content (AvgIpc) is 1.69. The Labute approximate surface area is 51.0 Å². The fraction of sp³-hybridized carbons (Fsp3) is 0.250. The van der Waals surface area contributed by atoms with Crippen molar-refractivity contribution >= 4 is 21.1 Å². The minimum absolute atomic E-state index is 0.429. The van der Waals surface area contributed by atoms with Gasteiger partial charge in [-0.3, -0.25) is 0 Å². The Hall–Kier alpha value is -0.310. The van der Waals surface area contributed by atoms with Gasteiger partial charge >= 0.3 is 0 Å². The predicted molar refractivity (Wildman–Crippen MR) is 32.5 cm³/mol. The number of halogens is 1. The van der Waals surface area contributed by atoms with Crippen molar-refractivity contribution in [3.8, 4) is 0 Å². The van der Waals surface area contributed by atoms with Crippen molar-refractivity contribution in [2.75, 3.05) is 6.61 Å². The number of hydrogen-bond donors (Lipinski definition) is 0. The maximum atomic E-state index is 4.48. The molecule has 3 heteroatoms. The molecule has 0 bridgehead atoms. The van der Waals surface area contributed by atoms with Crippen LogP contribution in [0.4, 0.5) is 0 Å². The molecule has 0 N–H and O–H groups in total. The van der Waals surface area contributed by atoms with Crippen molar-refractivity contribution in [1.82, 2.24) is 0 Å². The summed E-state index contributed by atoms with van der Waals surface area (Å²) in [6.45, 7) is 3.83. The van der Waals surface area contributed by atoms with E-state index in [9.17, 15) is 0 Å². The molecule has 0 heterocycles. The van der Waals surface area contributed by atoms with E-state index in [1.54, 1.807) is 6.08 Å². The van der Waals surface area contributed by atoms with Gasteiger partial charge in [-0.1, -0.05) is 17.8 Å². The molecule has 0 aliphatic carbocycles. The van der Waals surface area contributed by atoms with Crippen LogP contribution in [0, 0.1) is 0 Å². The lowest BCUT2D eigenvalue weighted by atomic mass is 10.7. The molecule has 39 valence electrons. The molecule has 0 rings (SSSR count). The largest absolute Gasteiger partial charge is 0.391 e. The zero-order valence-corrected chi connectivity index (χ0v) is 5.31. The minimum Gasteiger partial charge on any atom is -0.391 e. The van der Waals surface area contributed by atoms with Crippen LogP contribution in [0.5, 0.6) is 0 Å². The zero-order valence-electron chi connectivity index (χ0n) is 3.72. The predicted octanol–water partition coefficient (Wildman–Crippen LogP) is 1.40. The number of hydrogen-bond acceptors (Lipinski definition) is 2. The topological polar surface area (TPSA) is 21.6 Å². The molecule has 0 aliphatic heterocycles.